The number of rotatable bonds is 7. The molecular formula is C17H24FN3O7S. The van der Waals surface area contributed by atoms with Gasteiger partial charge in [-0.1, -0.05) is 0 Å². The van der Waals surface area contributed by atoms with Gasteiger partial charge in [-0.25, -0.2) is 13.4 Å². The highest BCUT2D eigenvalue weighted by Crippen LogP contribution is 2.33. The Kier molecular flexibility index (Phi) is 7.14. The fourth-order valence-corrected chi connectivity index (χ4v) is 2.86. The molecule has 2 rings (SSSR count). The number of carbonyl (C=O) groups is 1. The van der Waals surface area contributed by atoms with Crippen molar-refractivity contribution in [3.05, 3.63) is 28.3 Å². The van der Waals surface area contributed by atoms with Crippen LogP contribution in [0.2, 0.25) is 0 Å². The highest BCUT2D eigenvalue weighted by Gasteiger charge is 2.38. The lowest BCUT2D eigenvalue weighted by molar-refractivity contribution is -0.385. The number of nitrogens with zero attached hydrogens (tertiary/aromatic N) is 2. The van der Waals surface area contributed by atoms with Gasteiger partial charge >= 0.3 is 11.7 Å². The molecule has 29 heavy (non-hydrogen) atoms. The lowest BCUT2D eigenvalue weighted by Crippen LogP contribution is -2.46. The molecule has 162 valence electrons. The van der Waals surface area contributed by atoms with Crippen molar-refractivity contribution in [1.82, 2.24) is 5.06 Å². The van der Waals surface area contributed by atoms with Crippen molar-refractivity contribution < 1.29 is 32.4 Å². The highest BCUT2D eigenvalue weighted by atomic mass is 32.2. The van der Waals surface area contributed by atoms with Gasteiger partial charge in [0.2, 0.25) is 0 Å². The third-order valence-electron chi connectivity index (χ3n) is 4.29. The zero-order chi connectivity index (χ0) is 21.8. The van der Waals surface area contributed by atoms with Crippen molar-refractivity contribution in [2.45, 2.75) is 39.3 Å². The Morgan fingerprint density at radius 3 is 2.55 bits per heavy atom. The van der Waals surface area contributed by atoms with Crippen LogP contribution >= 0.6 is 0 Å². The van der Waals surface area contributed by atoms with Crippen LogP contribution in [-0.4, -0.2) is 50.1 Å². The summed E-state index contributed by atoms with van der Waals surface area (Å²) in [6.45, 7) is 5.10. The van der Waals surface area contributed by atoms with Gasteiger partial charge in [0.1, 0.15) is 12.3 Å². The average Bonchev–Trinajstić information content (AvgIpc) is 2.61. The molecule has 0 aliphatic carbocycles. The van der Waals surface area contributed by atoms with Crippen LogP contribution in [0, 0.1) is 15.5 Å². The largest absolute Gasteiger partial charge is 0.483 e. The van der Waals surface area contributed by atoms with Crippen LogP contribution in [0.3, 0.4) is 0 Å². The van der Waals surface area contributed by atoms with Crippen molar-refractivity contribution in [3.8, 4) is 5.75 Å². The summed E-state index contributed by atoms with van der Waals surface area (Å²) in [7, 11) is 0. The molecule has 1 aliphatic rings. The molecule has 0 aromatic heterocycles. The average molecular weight is 433 g/mol. The standard InChI is InChI=1S/C17H24FN3O7S/c1-16(2,3)15(22)28-20-8-6-17(18,7-9-20)11-27-14-5-4-12(19-29(25)26)10-13(14)21(23)24/h4-5,10,19H,6-9,11H2,1-3H3,(H,25,26). The molecule has 1 aromatic carbocycles. The van der Waals surface area contributed by atoms with Crippen molar-refractivity contribution >= 4 is 28.6 Å². The zero-order valence-corrected chi connectivity index (χ0v) is 17.2. The van der Waals surface area contributed by atoms with Gasteiger partial charge in [0.25, 0.3) is 11.3 Å². The molecule has 1 fully saturated rings. The van der Waals surface area contributed by atoms with Gasteiger partial charge in [0.15, 0.2) is 5.75 Å². The third kappa shape index (κ3) is 6.61. The second-order valence-corrected chi connectivity index (χ2v) is 8.49. The maximum absolute atomic E-state index is 15.0. The predicted molar refractivity (Wildman–Crippen MR) is 103 cm³/mol. The molecule has 0 amide bonds. The number of carbonyl (C=O) groups excluding carboxylic acids is 1. The Morgan fingerprint density at radius 1 is 1.41 bits per heavy atom. The topological polar surface area (TPSA) is 131 Å². The van der Waals surface area contributed by atoms with Gasteiger partial charge in [-0.05, 0) is 32.9 Å². The maximum atomic E-state index is 15.0. The predicted octanol–water partition coefficient (Wildman–Crippen LogP) is 2.83. The van der Waals surface area contributed by atoms with Crippen LogP contribution in [-0.2, 0) is 20.9 Å². The number of halogens is 1. The number of alkyl halides is 1. The number of nitrogens with one attached hydrogen (secondary N) is 1. The first-order chi connectivity index (χ1) is 13.4. The molecule has 1 aliphatic heterocycles. The molecule has 0 saturated carbocycles. The fraction of sp³-hybridized carbons (Fsp3) is 0.588. The number of anilines is 1. The summed E-state index contributed by atoms with van der Waals surface area (Å²) in [6, 6.07) is 3.58. The molecule has 0 radical (unpaired) electrons. The summed E-state index contributed by atoms with van der Waals surface area (Å²) in [5.41, 5.74) is -2.81. The molecule has 0 spiro atoms. The monoisotopic (exact) mass is 433 g/mol. The molecule has 12 heteroatoms. The second-order valence-electron chi connectivity index (χ2n) is 7.79. The third-order valence-corrected chi connectivity index (χ3v) is 4.70. The van der Waals surface area contributed by atoms with E-state index >= 15 is 4.39 Å². The summed E-state index contributed by atoms with van der Waals surface area (Å²) in [5.74, 6) is -0.559. The highest BCUT2D eigenvalue weighted by molar-refractivity contribution is 7.80. The van der Waals surface area contributed by atoms with E-state index in [-0.39, 0.29) is 37.4 Å². The Hall–Kier alpha value is -2.31. The van der Waals surface area contributed by atoms with Crippen molar-refractivity contribution in [2.24, 2.45) is 5.41 Å². The van der Waals surface area contributed by atoms with Crippen molar-refractivity contribution in [2.75, 3.05) is 24.4 Å². The Balaban J connectivity index is 1.97. The molecule has 1 heterocycles. The number of benzene rings is 1. The summed E-state index contributed by atoms with van der Waals surface area (Å²) in [4.78, 5) is 27.7. The van der Waals surface area contributed by atoms with E-state index in [1.807, 2.05) is 0 Å². The molecule has 2 N–H and O–H groups in total. The van der Waals surface area contributed by atoms with Gasteiger partial charge in [-0.15, -0.1) is 5.06 Å². The maximum Gasteiger partial charge on any atom is 0.330 e. The van der Waals surface area contributed by atoms with Gasteiger partial charge in [0.05, 0.1) is 16.0 Å². The summed E-state index contributed by atoms with van der Waals surface area (Å²) < 4.78 is 42.1. The van der Waals surface area contributed by atoms with E-state index in [1.54, 1.807) is 20.8 Å². The number of ether oxygens (including phenoxy) is 1. The van der Waals surface area contributed by atoms with E-state index < -0.39 is 45.5 Å². The van der Waals surface area contributed by atoms with Gasteiger partial charge < -0.3 is 9.57 Å². The SMILES string of the molecule is CC(C)(C)C(=O)ON1CCC(F)(COc2ccc(NS(=O)O)cc2[N+](=O)[O-])CC1. The number of nitro groups is 1. The van der Waals surface area contributed by atoms with E-state index in [4.69, 9.17) is 14.1 Å². The second kappa shape index (κ2) is 9.01. The fourth-order valence-electron chi connectivity index (χ4n) is 2.53. The van der Waals surface area contributed by atoms with Crippen LogP contribution < -0.4 is 9.46 Å². The molecule has 1 atom stereocenters. The molecule has 1 saturated heterocycles. The van der Waals surface area contributed by atoms with Crippen LogP contribution in [0.15, 0.2) is 18.2 Å². The van der Waals surface area contributed by atoms with E-state index in [1.165, 1.54) is 17.2 Å². The smallest absolute Gasteiger partial charge is 0.330 e. The van der Waals surface area contributed by atoms with Gasteiger partial charge in [-0.3, -0.25) is 19.4 Å². The van der Waals surface area contributed by atoms with Crippen LogP contribution in [0.1, 0.15) is 33.6 Å². The number of hydroxylamine groups is 2. The quantitative estimate of drug-likeness (QED) is 0.381. The summed E-state index contributed by atoms with van der Waals surface area (Å²) in [6.07, 6.45) is 0.0582. The summed E-state index contributed by atoms with van der Waals surface area (Å²) >= 11 is -2.39. The molecular weight excluding hydrogens is 409 g/mol. The first kappa shape index (κ1) is 23.0. The van der Waals surface area contributed by atoms with Gasteiger partial charge in [0, 0.05) is 32.0 Å². The van der Waals surface area contributed by atoms with Crippen LogP contribution in [0.4, 0.5) is 15.8 Å². The number of hydrogen-bond acceptors (Lipinski definition) is 7. The minimum atomic E-state index is -2.39. The molecule has 0 bridgehead atoms. The first-order valence-electron chi connectivity index (χ1n) is 8.85. The van der Waals surface area contributed by atoms with Crippen LogP contribution in [0.25, 0.3) is 0 Å². The molecule has 1 unspecified atom stereocenters. The van der Waals surface area contributed by atoms with Gasteiger partial charge in [-0.2, -0.15) is 0 Å². The minimum absolute atomic E-state index is 0.0291. The Labute approximate surface area is 169 Å². The van der Waals surface area contributed by atoms with E-state index in [0.29, 0.717) is 0 Å². The van der Waals surface area contributed by atoms with E-state index in [9.17, 15) is 19.1 Å². The van der Waals surface area contributed by atoms with Crippen LogP contribution in [0.5, 0.6) is 5.75 Å². The Bertz CT molecular complexity index is 792. The van der Waals surface area contributed by atoms with E-state index in [2.05, 4.69) is 4.72 Å². The zero-order valence-electron chi connectivity index (χ0n) is 16.3. The molecule has 1 aromatic rings. The lowest BCUT2D eigenvalue weighted by atomic mass is 9.95. The first-order valence-corrected chi connectivity index (χ1v) is 9.95. The minimum Gasteiger partial charge on any atom is -0.483 e. The lowest BCUT2D eigenvalue weighted by Gasteiger charge is -2.35. The van der Waals surface area contributed by atoms with Crippen molar-refractivity contribution in [3.63, 3.8) is 0 Å². The Morgan fingerprint density at radius 2 is 2.03 bits per heavy atom. The number of nitro benzene ring substituents is 1. The number of hydrogen-bond donors (Lipinski definition) is 2. The normalized spacial score (nSPS) is 18.0. The summed E-state index contributed by atoms with van der Waals surface area (Å²) in [5, 5.41) is 12.6. The molecule has 10 nitrogen and oxygen atoms in total. The van der Waals surface area contributed by atoms with E-state index in [0.717, 1.165) is 6.07 Å². The number of piperidine rings is 1. The van der Waals surface area contributed by atoms with Crippen molar-refractivity contribution in [1.29, 1.82) is 0 Å².